The van der Waals surface area contributed by atoms with Crippen LogP contribution >= 0.6 is 0 Å². The number of halogens is 1. The molecule has 1 aromatic carbocycles. The number of rotatable bonds is 5. The van der Waals surface area contributed by atoms with Crippen molar-refractivity contribution >= 4 is 5.91 Å². The number of carbonyl (C=O) groups is 1. The summed E-state index contributed by atoms with van der Waals surface area (Å²) >= 11 is 0. The zero-order chi connectivity index (χ0) is 14.4. The molecule has 1 N–H and O–H groups in total. The minimum atomic E-state index is -0.377. The number of nitrogens with zero attached hydrogens (tertiary/aromatic N) is 1. The van der Waals surface area contributed by atoms with E-state index < -0.39 is 0 Å². The average Bonchev–Trinajstić information content (AvgIpc) is 2.49. The van der Waals surface area contributed by atoms with E-state index in [1.54, 1.807) is 30.1 Å². The van der Waals surface area contributed by atoms with Crippen molar-refractivity contribution in [2.75, 3.05) is 33.3 Å². The topological polar surface area (TPSA) is 41.6 Å². The normalized spacial score (nSPS) is 18.6. The molecule has 0 aliphatic carbocycles. The molecule has 1 aromatic rings. The number of amides is 1. The highest BCUT2D eigenvalue weighted by Crippen LogP contribution is 2.16. The van der Waals surface area contributed by atoms with Crippen LogP contribution in [0.1, 0.15) is 12.8 Å². The van der Waals surface area contributed by atoms with E-state index in [9.17, 15) is 9.18 Å². The lowest BCUT2D eigenvalue weighted by molar-refractivity contribution is -0.135. The number of piperidine rings is 1. The third-order valence-corrected chi connectivity index (χ3v) is 3.54. The van der Waals surface area contributed by atoms with Gasteiger partial charge in [0, 0.05) is 13.6 Å². The number of para-hydroxylation sites is 1. The van der Waals surface area contributed by atoms with E-state index in [1.807, 2.05) is 0 Å². The van der Waals surface area contributed by atoms with Gasteiger partial charge in [-0.25, -0.2) is 4.39 Å². The van der Waals surface area contributed by atoms with Crippen LogP contribution in [0.3, 0.4) is 0 Å². The van der Waals surface area contributed by atoms with Crippen molar-refractivity contribution in [3.63, 3.8) is 0 Å². The number of hydrogen-bond acceptors (Lipinski definition) is 3. The zero-order valence-corrected chi connectivity index (χ0v) is 11.8. The van der Waals surface area contributed by atoms with Crippen LogP contribution in [0.2, 0.25) is 0 Å². The average molecular weight is 280 g/mol. The first-order valence-electron chi connectivity index (χ1n) is 7.01. The lowest BCUT2D eigenvalue weighted by Gasteiger charge is -2.27. The van der Waals surface area contributed by atoms with Gasteiger partial charge in [-0.15, -0.1) is 0 Å². The second kappa shape index (κ2) is 7.24. The standard InChI is InChI=1S/C15H21FN2O2/c1-18(15(19)12-5-4-8-17-11-12)9-10-20-14-7-3-2-6-13(14)16/h2-3,6-7,12,17H,4-5,8-11H2,1H3/t12-/m0/s1. The van der Waals surface area contributed by atoms with Crippen LogP contribution in [-0.2, 0) is 4.79 Å². The molecule has 1 aliphatic rings. The fraction of sp³-hybridized carbons (Fsp3) is 0.533. The highest BCUT2D eigenvalue weighted by molar-refractivity contribution is 5.78. The quantitative estimate of drug-likeness (QED) is 0.892. The third-order valence-electron chi connectivity index (χ3n) is 3.54. The summed E-state index contributed by atoms with van der Waals surface area (Å²) in [5, 5.41) is 3.23. The van der Waals surface area contributed by atoms with Gasteiger partial charge in [0.25, 0.3) is 0 Å². The number of nitrogens with one attached hydrogen (secondary N) is 1. The molecule has 2 rings (SSSR count). The van der Waals surface area contributed by atoms with Gasteiger partial charge in [0.05, 0.1) is 12.5 Å². The number of benzene rings is 1. The van der Waals surface area contributed by atoms with Crippen LogP contribution in [0, 0.1) is 11.7 Å². The number of ether oxygens (including phenoxy) is 1. The molecule has 0 bridgehead atoms. The number of carbonyl (C=O) groups excluding carboxylic acids is 1. The Morgan fingerprint density at radius 3 is 3.00 bits per heavy atom. The van der Waals surface area contributed by atoms with Gasteiger partial charge in [-0.3, -0.25) is 4.79 Å². The van der Waals surface area contributed by atoms with Gasteiger partial charge in [-0.1, -0.05) is 12.1 Å². The van der Waals surface area contributed by atoms with E-state index >= 15 is 0 Å². The molecule has 0 aromatic heterocycles. The van der Waals surface area contributed by atoms with E-state index in [0.29, 0.717) is 13.2 Å². The van der Waals surface area contributed by atoms with E-state index in [1.165, 1.54) is 6.07 Å². The first-order valence-corrected chi connectivity index (χ1v) is 7.01. The van der Waals surface area contributed by atoms with E-state index in [2.05, 4.69) is 5.32 Å². The molecule has 20 heavy (non-hydrogen) atoms. The highest BCUT2D eigenvalue weighted by atomic mass is 19.1. The maximum Gasteiger partial charge on any atom is 0.226 e. The highest BCUT2D eigenvalue weighted by Gasteiger charge is 2.23. The second-order valence-electron chi connectivity index (χ2n) is 5.08. The maximum atomic E-state index is 13.3. The summed E-state index contributed by atoms with van der Waals surface area (Å²) in [5.41, 5.74) is 0. The Morgan fingerprint density at radius 1 is 1.50 bits per heavy atom. The van der Waals surface area contributed by atoms with Crippen molar-refractivity contribution in [2.24, 2.45) is 5.92 Å². The Balaban J connectivity index is 1.75. The van der Waals surface area contributed by atoms with Crippen LogP contribution in [0.5, 0.6) is 5.75 Å². The molecule has 4 nitrogen and oxygen atoms in total. The Kier molecular flexibility index (Phi) is 5.35. The Hall–Kier alpha value is -1.62. The van der Waals surface area contributed by atoms with E-state index in [-0.39, 0.29) is 23.4 Å². The molecular weight excluding hydrogens is 259 g/mol. The smallest absolute Gasteiger partial charge is 0.226 e. The molecule has 0 saturated carbocycles. The minimum Gasteiger partial charge on any atom is -0.489 e. The fourth-order valence-corrected chi connectivity index (χ4v) is 2.34. The molecule has 1 amide bonds. The second-order valence-corrected chi connectivity index (χ2v) is 5.08. The SMILES string of the molecule is CN(CCOc1ccccc1F)C(=O)[C@H]1CCCNC1. The summed E-state index contributed by atoms with van der Waals surface area (Å²) in [6, 6.07) is 6.29. The van der Waals surface area contributed by atoms with Crippen molar-refractivity contribution in [2.45, 2.75) is 12.8 Å². The largest absolute Gasteiger partial charge is 0.489 e. The molecule has 0 unspecified atom stereocenters. The predicted octanol–water partition coefficient (Wildman–Crippen LogP) is 1.66. The van der Waals surface area contributed by atoms with Crippen molar-refractivity contribution in [3.05, 3.63) is 30.1 Å². The summed E-state index contributed by atoms with van der Waals surface area (Å²) in [6.07, 6.45) is 1.97. The van der Waals surface area contributed by atoms with Gasteiger partial charge >= 0.3 is 0 Å². The van der Waals surface area contributed by atoms with Crippen LogP contribution in [0.4, 0.5) is 4.39 Å². The van der Waals surface area contributed by atoms with Crippen molar-refractivity contribution in [1.82, 2.24) is 10.2 Å². The first-order chi connectivity index (χ1) is 9.68. The Morgan fingerprint density at radius 2 is 2.30 bits per heavy atom. The Labute approximate surface area is 118 Å². The number of likely N-dealkylation sites (N-methyl/N-ethyl adjacent to an activating group) is 1. The van der Waals surface area contributed by atoms with Gasteiger partial charge in [-0.2, -0.15) is 0 Å². The molecule has 1 atom stereocenters. The molecule has 0 spiro atoms. The monoisotopic (exact) mass is 280 g/mol. The van der Waals surface area contributed by atoms with Gasteiger partial charge in [0.2, 0.25) is 5.91 Å². The molecule has 5 heteroatoms. The molecule has 1 heterocycles. The summed E-state index contributed by atoms with van der Waals surface area (Å²) in [5.74, 6) is 0.0437. The Bertz CT molecular complexity index is 447. The summed E-state index contributed by atoms with van der Waals surface area (Å²) in [7, 11) is 1.77. The van der Waals surface area contributed by atoms with Gasteiger partial charge in [-0.05, 0) is 31.5 Å². The van der Waals surface area contributed by atoms with Crippen LogP contribution in [-0.4, -0.2) is 44.1 Å². The molecular formula is C15H21FN2O2. The summed E-state index contributed by atoms with van der Waals surface area (Å²) in [6.45, 7) is 2.49. The van der Waals surface area contributed by atoms with Gasteiger partial charge in [0.15, 0.2) is 11.6 Å². The lowest BCUT2D eigenvalue weighted by atomic mass is 9.98. The third kappa shape index (κ3) is 3.93. The van der Waals surface area contributed by atoms with Gasteiger partial charge in [0.1, 0.15) is 6.61 Å². The first kappa shape index (κ1) is 14.8. The number of hydrogen-bond donors (Lipinski definition) is 1. The molecule has 1 fully saturated rings. The summed E-state index contributed by atoms with van der Waals surface area (Å²) in [4.78, 5) is 13.8. The minimum absolute atomic E-state index is 0.0576. The van der Waals surface area contributed by atoms with Crippen molar-refractivity contribution < 1.29 is 13.9 Å². The summed E-state index contributed by atoms with van der Waals surface area (Å²) < 4.78 is 18.7. The molecule has 0 radical (unpaired) electrons. The zero-order valence-electron chi connectivity index (χ0n) is 11.8. The predicted molar refractivity (Wildman–Crippen MR) is 75.1 cm³/mol. The van der Waals surface area contributed by atoms with Gasteiger partial charge < -0.3 is 15.0 Å². The fourth-order valence-electron chi connectivity index (χ4n) is 2.34. The van der Waals surface area contributed by atoms with E-state index in [0.717, 1.165) is 25.9 Å². The van der Waals surface area contributed by atoms with Crippen LogP contribution in [0.15, 0.2) is 24.3 Å². The van der Waals surface area contributed by atoms with Crippen molar-refractivity contribution in [1.29, 1.82) is 0 Å². The molecule has 1 saturated heterocycles. The van der Waals surface area contributed by atoms with E-state index in [4.69, 9.17) is 4.74 Å². The van der Waals surface area contributed by atoms with Crippen molar-refractivity contribution in [3.8, 4) is 5.75 Å². The lowest BCUT2D eigenvalue weighted by Crippen LogP contribution is -2.42. The van der Waals surface area contributed by atoms with Crippen LogP contribution < -0.4 is 10.1 Å². The maximum absolute atomic E-state index is 13.3. The molecule has 110 valence electrons. The van der Waals surface area contributed by atoms with Crippen LogP contribution in [0.25, 0.3) is 0 Å². The molecule has 1 aliphatic heterocycles.